The summed E-state index contributed by atoms with van der Waals surface area (Å²) in [5.41, 5.74) is 0.957. The van der Waals surface area contributed by atoms with E-state index in [1.54, 1.807) is 38.1 Å². The number of aryl methyl sites for hydroxylation is 1. The zero-order valence-corrected chi connectivity index (χ0v) is 10.0. The standard InChI is InChI=1S/C12H12N2O4/c1-3-17-11(15)9-4-6-10(7-5-9)14-12(16)18-8(2)13-14/h4-7H,3H2,1-2H3. The van der Waals surface area contributed by atoms with Crippen molar-refractivity contribution in [2.24, 2.45) is 0 Å². The van der Waals surface area contributed by atoms with Crippen LogP contribution in [0.1, 0.15) is 23.2 Å². The fourth-order valence-electron chi connectivity index (χ4n) is 1.49. The number of benzene rings is 1. The van der Waals surface area contributed by atoms with Crippen LogP contribution in [-0.4, -0.2) is 22.4 Å². The highest BCUT2D eigenvalue weighted by Crippen LogP contribution is 2.08. The van der Waals surface area contributed by atoms with Crippen LogP contribution in [0, 0.1) is 6.92 Å². The first-order valence-electron chi connectivity index (χ1n) is 5.46. The molecule has 2 rings (SSSR count). The molecular formula is C12H12N2O4. The molecule has 0 saturated carbocycles. The van der Waals surface area contributed by atoms with E-state index in [0.717, 1.165) is 4.68 Å². The van der Waals surface area contributed by atoms with Crippen molar-refractivity contribution in [2.75, 3.05) is 6.61 Å². The molecule has 0 radical (unpaired) electrons. The van der Waals surface area contributed by atoms with Gasteiger partial charge in [-0.2, -0.15) is 4.68 Å². The number of hydrogen-bond acceptors (Lipinski definition) is 5. The fourth-order valence-corrected chi connectivity index (χ4v) is 1.49. The van der Waals surface area contributed by atoms with Crippen LogP contribution in [-0.2, 0) is 4.74 Å². The highest BCUT2D eigenvalue weighted by atomic mass is 16.5. The van der Waals surface area contributed by atoms with Gasteiger partial charge in [-0.25, -0.2) is 9.59 Å². The summed E-state index contributed by atoms with van der Waals surface area (Å²) in [6.45, 7) is 3.65. The topological polar surface area (TPSA) is 74.3 Å². The van der Waals surface area contributed by atoms with Crippen molar-refractivity contribution in [1.82, 2.24) is 9.78 Å². The number of aromatic nitrogens is 2. The number of carbonyl (C=O) groups excluding carboxylic acids is 1. The highest BCUT2D eigenvalue weighted by Gasteiger charge is 2.09. The number of hydrogen-bond donors (Lipinski definition) is 0. The smallest absolute Gasteiger partial charge is 0.441 e. The summed E-state index contributed by atoms with van der Waals surface area (Å²) in [6.07, 6.45) is 0. The Balaban J connectivity index is 2.30. The zero-order valence-electron chi connectivity index (χ0n) is 10.0. The fraction of sp³-hybridized carbons (Fsp3) is 0.250. The summed E-state index contributed by atoms with van der Waals surface area (Å²) in [7, 11) is 0. The molecule has 0 fully saturated rings. The Labute approximate surface area is 103 Å². The Morgan fingerprint density at radius 2 is 2.06 bits per heavy atom. The monoisotopic (exact) mass is 248 g/mol. The molecule has 2 aromatic rings. The van der Waals surface area contributed by atoms with Crippen molar-refractivity contribution in [3.05, 3.63) is 46.3 Å². The lowest BCUT2D eigenvalue weighted by Crippen LogP contribution is -2.13. The number of nitrogens with zero attached hydrogens (tertiary/aromatic N) is 2. The summed E-state index contributed by atoms with van der Waals surface area (Å²) in [5.74, 6) is -0.668. The normalized spacial score (nSPS) is 10.3. The van der Waals surface area contributed by atoms with Crippen LogP contribution in [0.4, 0.5) is 0 Å². The molecule has 0 aliphatic rings. The van der Waals surface area contributed by atoms with Crippen LogP contribution < -0.4 is 5.76 Å². The van der Waals surface area contributed by atoms with Crippen molar-refractivity contribution in [2.45, 2.75) is 13.8 Å². The lowest BCUT2D eigenvalue weighted by molar-refractivity contribution is 0.0526. The summed E-state index contributed by atoms with van der Waals surface area (Å²) in [5, 5.41) is 3.91. The maximum absolute atomic E-state index is 11.4. The molecule has 1 heterocycles. The van der Waals surface area contributed by atoms with Gasteiger partial charge in [0, 0.05) is 6.92 Å². The minimum Gasteiger partial charge on any atom is -0.462 e. The van der Waals surface area contributed by atoms with Gasteiger partial charge in [-0.05, 0) is 31.2 Å². The quantitative estimate of drug-likeness (QED) is 0.765. The lowest BCUT2D eigenvalue weighted by Gasteiger charge is -2.02. The second-order valence-corrected chi connectivity index (χ2v) is 3.57. The van der Waals surface area contributed by atoms with E-state index in [1.165, 1.54) is 0 Å². The first-order chi connectivity index (χ1) is 8.61. The number of esters is 1. The van der Waals surface area contributed by atoms with E-state index >= 15 is 0 Å². The third kappa shape index (κ3) is 2.32. The second-order valence-electron chi connectivity index (χ2n) is 3.57. The van der Waals surface area contributed by atoms with Crippen LogP contribution in [0.15, 0.2) is 33.5 Å². The van der Waals surface area contributed by atoms with Crippen molar-refractivity contribution >= 4 is 5.97 Å². The van der Waals surface area contributed by atoms with Crippen LogP contribution >= 0.6 is 0 Å². The van der Waals surface area contributed by atoms with Gasteiger partial charge in [-0.3, -0.25) is 0 Å². The molecule has 1 aromatic heterocycles. The third-order valence-corrected chi connectivity index (χ3v) is 2.27. The predicted molar refractivity (Wildman–Crippen MR) is 62.8 cm³/mol. The number of carbonyl (C=O) groups is 1. The molecule has 18 heavy (non-hydrogen) atoms. The van der Waals surface area contributed by atoms with E-state index in [4.69, 9.17) is 9.15 Å². The van der Waals surface area contributed by atoms with Gasteiger partial charge in [-0.1, -0.05) is 0 Å². The molecule has 0 amide bonds. The van der Waals surface area contributed by atoms with Crippen LogP contribution in [0.2, 0.25) is 0 Å². The van der Waals surface area contributed by atoms with Gasteiger partial charge < -0.3 is 9.15 Å². The van der Waals surface area contributed by atoms with E-state index in [9.17, 15) is 9.59 Å². The summed E-state index contributed by atoms with van der Waals surface area (Å²) >= 11 is 0. The SMILES string of the molecule is CCOC(=O)c1ccc(-n2nc(C)oc2=O)cc1. The van der Waals surface area contributed by atoms with Gasteiger partial charge >= 0.3 is 11.7 Å². The Morgan fingerprint density at radius 3 is 2.56 bits per heavy atom. The molecule has 0 saturated heterocycles. The summed E-state index contributed by atoms with van der Waals surface area (Å²) < 4.78 is 10.8. The van der Waals surface area contributed by atoms with Crippen molar-refractivity contribution in [3.63, 3.8) is 0 Å². The molecule has 6 nitrogen and oxygen atoms in total. The summed E-state index contributed by atoms with van der Waals surface area (Å²) in [4.78, 5) is 22.8. The Kier molecular flexibility index (Phi) is 3.27. The lowest BCUT2D eigenvalue weighted by atomic mass is 10.2. The molecule has 0 aliphatic heterocycles. The molecule has 0 aliphatic carbocycles. The minimum absolute atomic E-state index is 0.287. The van der Waals surface area contributed by atoms with Gasteiger partial charge in [0.1, 0.15) is 0 Å². The Bertz CT molecular complexity index is 610. The molecule has 0 spiro atoms. The molecule has 0 unspecified atom stereocenters. The van der Waals surface area contributed by atoms with Crippen LogP contribution in [0.5, 0.6) is 0 Å². The van der Waals surface area contributed by atoms with Gasteiger partial charge in [0.15, 0.2) is 0 Å². The largest absolute Gasteiger partial charge is 0.462 e. The Morgan fingerprint density at radius 1 is 1.39 bits per heavy atom. The van der Waals surface area contributed by atoms with Gasteiger partial charge in [-0.15, -0.1) is 5.10 Å². The average Bonchev–Trinajstić information content (AvgIpc) is 2.69. The third-order valence-electron chi connectivity index (χ3n) is 2.27. The van der Waals surface area contributed by atoms with E-state index in [0.29, 0.717) is 17.9 Å². The van der Waals surface area contributed by atoms with Gasteiger partial charge in [0.05, 0.1) is 17.9 Å². The van der Waals surface area contributed by atoms with E-state index in [2.05, 4.69) is 5.10 Å². The first kappa shape index (κ1) is 12.1. The Hall–Kier alpha value is -2.37. The van der Waals surface area contributed by atoms with Crippen molar-refractivity contribution < 1.29 is 13.9 Å². The molecule has 0 bridgehead atoms. The first-order valence-corrected chi connectivity index (χ1v) is 5.46. The second kappa shape index (κ2) is 4.87. The number of rotatable bonds is 3. The van der Waals surface area contributed by atoms with Gasteiger partial charge in [0.2, 0.25) is 5.89 Å². The molecule has 1 aromatic carbocycles. The van der Waals surface area contributed by atoms with E-state index in [1.807, 2.05) is 0 Å². The molecule has 0 N–H and O–H groups in total. The summed E-state index contributed by atoms with van der Waals surface area (Å²) in [6, 6.07) is 6.36. The zero-order chi connectivity index (χ0) is 13.1. The van der Waals surface area contributed by atoms with Crippen LogP contribution in [0.3, 0.4) is 0 Å². The molecular weight excluding hydrogens is 236 g/mol. The molecule has 6 heteroatoms. The van der Waals surface area contributed by atoms with Crippen molar-refractivity contribution in [3.8, 4) is 5.69 Å². The van der Waals surface area contributed by atoms with Crippen LogP contribution in [0.25, 0.3) is 5.69 Å². The average molecular weight is 248 g/mol. The highest BCUT2D eigenvalue weighted by molar-refractivity contribution is 5.89. The van der Waals surface area contributed by atoms with E-state index in [-0.39, 0.29) is 5.89 Å². The maximum atomic E-state index is 11.4. The number of ether oxygens (including phenoxy) is 1. The van der Waals surface area contributed by atoms with E-state index < -0.39 is 11.7 Å². The predicted octanol–water partition coefficient (Wildman–Crippen LogP) is 1.31. The van der Waals surface area contributed by atoms with Crippen molar-refractivity contribution in [1.29, 1.82) is 0 Å². The minimum atomic E-state index is -0.559. The molecule has 0 atom stereocenters. The molecule has 94 valence electrons. The van der Waals surface area contributed by atoms with Gasteiger partial charge in [0.25, 0.3) is 0 Å². The maximum Gasteiger partial charge on any atom is 0.441 e.